The molecule has 1 aliphatic rings. The lowest BCUT2D eigenvalue weighted by Crippen LogP contribution is -2.38. The SMILES string of the molecule is C[C@H]1CCCCN1c1nc(Nc2ccccc2F)nc(Oc2ccc(F)cc2)n1. The zero-order valence-corrected chi connectivity index (χ0v) is 16.0. The van der Waals surface area contributed by atoms with Crippen molar-refractivity contribution in [3.8, 4) is 11.8 Å². The Labute approximate surface area is 167 Å². The van der Waals surface area contributed by atoms with E-state index in [0.29, 0.717) is 11.7 Å². The Morgan fingerprint density at radius 1 is 1.00 bits per heavy atom. The summed E-state index contributed by atoms with van der Waals surface area (Å²) < 4.78 is 33.0. The Kier molecular flexibility index (Phi) is 5.50. The fourth-order valence-electron chi connectivity index (χ4n) is 3.26. The molecule has 0 bridgehead atoms. The maximum absolute atomic E-state index is 14.1. The molecular weight excluding hydrogens is 376 g/mol. The van der Waals surface area contributed by atoms with E-state index in [1.165, 1.54) is 30.3 Å². The lowest BCUT2D eigenvalue weighted by atomic mass is 10.0. The van der Waals surface area contributed by atoms with Crippen molar-refractivity contribution >= 4 is 17.6 Å². The third kappa shape index (κ3) is 4.59. The smallest absolute Gasteiger partial charge is 0.328 e. The molecule has 1 saturated heterocycles. The molecule has 1 aromatic heterocycles. The molecule has 1 fully saturated rings. The van der Waals surface area contributed by atoms with E-state index in [1.807, 2.05) is 0 Å². The van der Waals surface area contributed by atoms with E-state index in [1.54, 1.807) is 18.2 Å². The standard InChI is InChI=1S/C21H21F2N5O/c1-14-6-4-5-13-28(14)20-25-19(24-18-8-3-2-7-17(18)23)26-21(27-20)29-16-11-9-15(22)10-12-16/h2-3,7-12,14H,4-6,13H2,1H3,(H,24,25,26,27)/t14-/m0/s1. The van der Waals surface area contributed by atoms with Crippen molar-refractivity contribution in [1.82, 2.24) is 15.0 Å². The van der Waals surface area contributed by atoms with Crippen LogP contribution in [0.25, 0.3) is 0 Å². The van der Waals surface area contributed by atoms with Gasteiger partial charge in [-0.05, 0) is 62.6 Å². The number of nitrogens with zero attached hydrogens (tertiary/aromatic N) is 4. The van der Waals surface area contributed by atoms with Crippen LogP contribution in [-0.4, -0.2) is 27.5 Å². The van der Waals surface area contributed by atoms with Crippen molar-refractivity contribution in [3.63, 3.8) is 0 Å². The highest BCUT2D eigenvalue weighted by molar-refractivity contribution is 5.55. The molecule has 29 heavy (non-hydrogen) atoms. The van der Waals surface area contributed by atoms with Crippen LogP contribution in [0, 0.1) is 11.6 Å². The van der Waals surface area contributed by atoms with Gasteiger partial charge in [-0.1, -0.05) is 12.1 Å². The summed E-state index contributed by atoms with van der Waals surface area (Å²) in [7, 11) is 0. The summed E-state index contributed by atoms with van der Waals surface area (Å²) >= 11 is 0. The zero-order valence-electron chi connectivity index (χ0n) is 16.0. The Hall–Kier alpha value is -3.29. The first-order valence-corrected chi connectivity index (χ1v) is 9.56. The molecule has 3 aromatic rings. The van der Waals surface area contributed by atoms with Gasteiger partial charge in [-0.15, -0.1) is 0 Å². The van der Waals surface area contributed by atoms with Crippen LogP contribution in [0.15, 0.2) is 48.5 Å². The number of nitrogens with one attached hydrogen (secondary N) is 1. The van der Waals surface area contributed by atoms with Crippen molar-refractivity contribution in [2.45, 2.75) is 32.2 Å². The number of benzene rings is 2. The molecule has 2 heterocycles. The molecule has 150 valence electrons. The van der Waals surface area contributed by atoms with E-state index in [2.05, 4.69) is 32.1 Å². The van der Waals surface area contributed by atoms with Crippen LogP contribution in [0.1, 0.15) is 26.2 Å². The topological polar surface area (TPSA) is 63.2 Å². The van der Waals surface area contributed by atoms with E-state index in [4.69, 9.17) is 4.74 Å². The lowest BCUT2D eigenvalue weighted by molar-refractivity contribution is 0.431. The highest BCUT2D eigenvalue weighted by Crippen LogP contribution is 2.27. The minimum Gasteiger partial charge on any atom is -0.424 e. The van der Waals surface area contributed by atoms with Crippen molar-refractivity contribution in [3.05, 3.63) is 60.2 Å². The highest BCUT2D eigenvalue weighted by Gasteiger charge is 2.23. The third-order valence-electron chi connectivity index (χ3n) is 4.81. The number of aromatic nitrogens is 3. The van der Waals surface area contributed by atoms with E-state index < -0.39 is 5.82 Å². The van der Waals surface area contributed by atoms with Gasteiger partial charge in [0.25, 0.3) is 0 Å². The Balaban J connectivity index is 1.68. The zero-order chi connectivity index (χ0) is 20.2. The largest absolute Gasteiger partial charge is 0.424 e. The molecule has 0 spiro atoms. The quantitative estimate of drug-likeness (QED) is 0.649. The highest BCUT2D eigenvalue weighted by atomic mass is 19.1. The van der Waals surface area contributed by atoms with Gasteiger partial charge in [0, 0.05) is 12.6 Å². The summed E-state index contributed by atoms with van der Waals surface area (Å²) in [5, 5.41) is 2.90. The summed E-state index contributed by atoms with van der Waals surface area (Å²) in [6.45, 7) is 2.94. The molecule has 4 rings (SSSR count). The number of hydrogen-bond donors (Lipinski definition) is 1. The normalized spacial score (nSPS) is 16.5. The number of anilines is 3. The van der Waals surface area contributed by atoms with E-state index in [0.717, 1.165) is 25.8 Å². The predicted molar refractivity (Wildman–Crippen MR) is 107 cm³/mol. The second-order valence-electron chi connectivity index (χ2n) is 6.94. The first kappa shape index (κ1) is 19.0. The van der Waals surface area contributed by atoms with Crippen molar-refractivity contribution in [1.29, 1.82) is 0 Å². The minimum absolute atomic E-state index is 0.0539. The molecule has 8 heteroatoms. The van der Waals surface area contributed by atoms with Gasteiger partial charge >= 0.3 is 6.01 Å². The maximum atomic E-state index is 14.1. The maximum Gasteiger partial charge on any atom is 0.328 e. The van der Waals surface area contributed by atoms with Crippen molar-refractivity contribution in [2.75, 3.05) is 16.8 Å². The molecule has 1 N–H and O–H groups in total. The molecule has 6 nitrogen and oxygen atoms in total. The molecule has 0 unspecified atom stereocenters. The second kappa shape index (κ2) is 8.38. The number of rotatable bonds is 5. The molecule has 0 saturated carbocycles. The van der Waals surface area contributed by atoms with Gasteiger partial charge in [0.05, 0.1) is 5.69 Å². The second-order valence-corrected chi connectivity index (χ2v) is 6.94. The van der Waals surface area contributed by atoms with Crippen LogP contribution in [-0.2, 0) is 0 Å². The summed E-state index contributed by atoms with van der Waals surface area (Å²) in [6.07, 6.45) is 3.23. The van der Waals surface area contributed by atoms with Crippen molar-refractivity contribution < 1.29 is 13.5 Å². The number of hydrogen-bond acceptors (Lipinski definition) is 6. The number of piperidine rings is 1. The average Bonchev–Trinajstić information content (AvgIpc) is 2.72. The Bertz CT molecular complexity index is 983. The minimum atomic E-state index is -0.415. The fraction of sp³-hybridized carbons (Fsp3) is 0.286. The molecule has 0 amide bonds. The monoisotopic (exact) mass is 397 g/mol. The van der Waals surface area contributed by atoms with Gasteiger partial charge in [-0.2, -0.15) is 15.0 Å². The molecule has 0 aliphatic carbocycles. The van der Waals surface area contributed by atoms with Gasteiger partial charge in [-0.25, -0.2) is 8.78 Å². The van der Waals surface area contributed by atoms with Gasteiger partial charge in [-0.3, -0.25) is 0 Å². The molecule has 1 atom stereocenters. The first-order valence-electron chi connectivity index (χ1n) is 9.56. The predicted octanol–water partition coefficient (Wildman–Crippen LogP) is 5.06. The number of ether oxygens (including phenoxy) is 1. The first-order chi connectivity index (χ1) is 14.1. The molecule has 0 radical (unpaired) electrons. The van der Waals surface area contributed by atoms with Crippen LogP contribution in [0.3, 0.4) is 0 Å². The fourth-order valence-corrected chi connectivity index (χ4v) is 3.26. The van der Waals surface area contributed by atoms with Crippen LogP contribution in [0.5, 0.6) is 11.8 Å². The average molecular weight is 397 g/mol. The lowest BCUT2D eigenvalue weighted by Gasteiger charge is -2.33. The molecule has 2 aromatic carbocycles. The van der Waals surface area contributed by atoms with Crippen LogP contribution < -0.4 is 15.0 Å². The third-order valence-corrected chi connectivity index (χ3v) is 4.81. The number of halogens is 2. The number of para-hydroxylation sites is 1. The summed E-state index contributed by atoms with van der Waals surface area (Å²) in [6, 6.07) is 12.2. The summed E-state index contributed by atoms with van der Waals surface area (Å²) in [5.74, 6) is 0.254. The van der Waals surface area contributed by atoms with E-state index in [9.17, 15) is 8.78 Å². The van der Waals surface area contributed by atoms with Crippen LogP contribution in [0.4, 0.5) is 26.4 Å². The van der Waals surface area contributed by atoms with Gasteiger partial charge in [0.2, 0.25) is 11.9 Å². The van der Waals surface area contributed by atoms with E-state index >= 15 is 0 Å². The van der Waals surface area contributed by atoms with Crippen LogP contribution >= 0.6 is 0 Å². The Morgan fingerprint density at radius 3 is 2.55 bits per heavy atom. The summed E-state index contributed by atoms with van der Waals surface area (Å²) in [4.78, 5) is 15.3. The van der Waals surface area contributed by atoms with Gasteiger partial charge < -0.3 is 15.0 Å². The van der Waals surface area contributed by atoms with Gasteiger partial charge in [0.1, 0.15) is 17.4 Å². The molecule has 1 aliphatic heterocycles. The molecular formula is C21H21F2N5O. The van der Waals surface area contributed by atoms with E-state index in [-0.39, 0.29) is 29.5 Å². The van der Waals surface area contributed by atoms with Crippen LogP contribution in [0.2, 0.25) is 0 Å². The Morgan fingerprint density at radius 2 is 1.79 bits per heavy atom. The summed E-state index contributed by atoms with van der Waals surface area (Å²) in [5.41, 5.74) is 0.254. The van der Waals surface area contributed by atoms with Crippen molar-refractivity contribution in [2.24, 2.45) is 0 Å². The van der Waals surface area contributed by atoms with Gasteiger partial charge in [0.15, 0.2) is 0 Å².